The van der Waals surface area contributed by atoms with Gasteiger partial charge in [0, 0.05) is 73.2 Å². The molecule has 2 saturated carbocycles. The van der Waals surface area contributed by atoms with Crippen molar-refractivity contribution in [1.29, 1.82) is 0 Å². The van der Waals surface area contributed by atoms with Crippen molar-refractivity contribution in [1.82, 2.24) is 22.8 Å². The van der Waals surface area contributed by atoms with Gasteiger partial charge in [-0.15, -0.1) is 0 Å². The summed E-state index contributed by atoms with van der Waals surface area (Å²) in [6.07, 6.45) is 36.0. The minimum Gasteiger partial charge on any atom is -0.372 e. The van der Waals surface area contributed by atoms with Gasteiger partial charge in [0.15, 0.2) is 0 Å². The molecule has 0 N–H and O–H groups in total. The molecule has 10 heterocycles. The van der Waals surface area contributed by atoms with Crippen LogP contribution in [0.15, 0.2) is 305 Å². The van der Waals surface area contributed by atoms with E-state index < -0.39 is 0 Å². The van der Waals surface area contributed by atoms with Crippen molar-refractivity contribution in [2.24, 2.45) is 35.2 Å². The Kier molecular flexibility index (Phi) is 29.4. The maximum absolute atomic E-state index is 2.57. The minimum absolute atomic E-state index is 0.0360. The van der Waals surface area contributed by atoms with Crippen LogP contribution in [0.25, 0.3) is 56.9 Å². The fourth-order valence-corrected chi connectivity index (χ4v) is 26.8. The van der Waals surface area contributed by atoms with Crippen LogP contribution in [0.2, 0.25) is 0 Å². The van der Waals surface area contributed by atoms with Crippen molar-refractivity contribution in [2.45, 2.75) is 237 Å². The maximum Gasteiger partial charge on any atom is 0.542 e. The van der Waals surface area contributed by atoms with E-state index in [0.717, 1.165) is 0 Å². The van der Waals surface area contributed by atoms with E-state index in [2.05, 4.69) is 555 Å². The molecule has 24 rings (SSSR count). The molecular formula is C130H155B5N15+5. The quantitative estimate of drug-likeness (QED) is 0.102. The summed E-state index contributed by atoms with van der Waals surface area (Å²) in [5.74, 6) is 9.64. The zero-order chi connectivity index (χ0) is 105. The van der Waals surface area contributed by atoms with Crippen molar-refractivity contribution in [3.05, 3.63) is 388 Å². The Bertz CT molecular complexity index is 7700. The third-order valence-electron chi connectivity index (χ3n) is 34.0. The van der Waals surface area contributed by atoms with E-state index in [-0.39, 0.29) is 34.9 Å². The highest BCUT2D eigenvalue weighted by Gasteiger charge is 2.54. The minimum atomic E-state index is 0.0360. The zero-order valence-corrected chi connectivity index (χ0v) is 94.1. The van der Waals surface area contributed by atoms with Gasteiger partial charge >= 0.3 is 34.9 Å². The number of benzene rings is 12. The van der Waals surface area contributed by atoms with Crippen LogP contribution < -0.4 is 73.8 Å². The average molecular weight is 1980 g/mol. The predicted molar refractivity (Wildman–Crippen MR) is 634 cm³/mol. The van der Waals surface area contributed by atoms with E-state index in [9.17, 15) is 0 Å². The summed E-state index contributed by atoms with van der Waals surface area (Å²) in [5, 5.41) is 0. The Morgan fingerprint density at radius 1 is 0.233 bits per heavy atom. The van der Waals surface area contributed by atoms with Crippen LogP contribution in [0, 0.1) is 62.3 Å². The molecule has 7 aliphatic rings. The summed E-state index contributed by atoms with van der Waals surface area (Å²) in [6.45, 7) is 43.7. The summed E-state index contributed by atoms with van der Waals surface area (Å²) in [4.78, 5) is 12.6. The van der Waals surface area contributed by atoms with Crippen molar-refractivity contribution in [3.8, 4) is 56.9 Å². The molecule has 0 spiro atoms. The summed E-state index contributed by atoms with van der Waals surface area (Å²) in [5.41, 5.74) is 43.8. The van der Waals surface area contributed by atoms with Crippen molar-refractivity contribution in [3.63, 3.8) is 0 Å². The number of fused-ring (bicyclic) bond motifs is 15. The standard InChI is InChI=1S/C30H39BN3.C29H33BN3.C25H25BN3.C24H31BN3.C22H27BN3/c1-22-12-10-19-27-28(22)30-32(2)20-21-34(30)31(33(27)3)29-25(23-13-6-4-7-14-23)17-11-18-26(29)24-15-8-5-9-16-24;1-20(2)24-15-11-16-25(21(3)4)28(24)30-32-19-18-31(6)29(32)27-22(5)12-10-17-26(27)33(30)23-13-8-7-9-14-23;1-18-10-9-15-22-23(18)25-27(4)16-17-28(25)26(24-19(2)11-8-12-20(24)3)29(22)21-13-6-5-7-14-21;1-16(2)19-11-9-12-20(17(3)4)23(19)25-27(7)21-13-8-10-18(5)22(21)24-26(6)14-15-28(24)25;1-15(2)26-19-12-8-9-16(3)20(19)22-24(6)13-14-25(22)23(26)21-17(4)10-7-11-18(21)5/h10-12,17-21,23-24H,4-9,13-16H2,1-3H3;7-21H,1-6H3;5-17H,1-4H3;8-17H,1-7H3;7-15H,1-6H3/q5*+1. The molecule has 15 nitrogen and oxygen atoms in total. The molecule has 0 radical (unpaired) electrons. The Morgan fingerprint density at radius 2 is 0.480 bits per heavy atom. The second-order valence-electron chi connectivity index (χ2n) is 45.5. The van der Waals surface area contributed by atoms with E-state index in [0.29, 0.717) is 41.5 Å². The van der Waals surface area contributed by atoms with E-state index in [1.165, 1.54) is 255 Å². The molecule has 0 amide bonds. The highest BCUT2D eigenvalue weighted by molar-refractivity contribution is 6.74. The number of aryl methyl sites for hydroxylation is 14. The number of anilines is 7. The van der Waals surface area contributed by atoms with Gasteiger partial charge in [0.05, 0.1) is 63.1 Å². The Hall–Kier alpha value is -14.0. The Balaban J connectivity index is 0.000000114. The van der Waals surface area contributed by atoms with Gasteiger partial charge in [-0.05, 0) is 289 Å². The van der Waals surface area contributed by atoms with Crippen LogP contribution in [-0.2, 0) is 35.2 Å². The first-order chi connectivity index (χ1) is 72.4. The first-order valence-corrected chi connectivity index (χ1v) is 55.6. The molecule has 12 aromatic carbocycles. The molecule has 0 bridgehead atoms. The number of para-hydroxylation sites is 2. The molecule has 20 heteroatoms. The molecule has 2 aliphatic carbocycles. The molecular weight excluding hydrogens is 1830 g/mol. The highest BCUT2D eigenvalue weighted by atomic mass is 15.3. The SMILES string of the molecule is Cc1cccc(C)c1B1N(C(C)C)c2cccc(C)c2-c2n(C)cc[n+]21.Cc1cccc(C)c1B1N(c2ccccc2)c2cccc(C)c2-c2n(C)cc[n+]21.Cc1cccc2c1-c1n(C)cc[n+]1B(c1c(C(C)C)cccc1C(C)C)N2C.Cc1cccc2c1-c1n(C)cc[n+]1B(c1c(C(C)C)cccc1C(C)C)N2c1ccccc1.Cc1cccc2c1-c1n(C)cc[n+]1B(c1c(C3CCCCC3)cccc1C1CCCCC1)N2C. The van der Waals surface area contributed by atoms with Gasteiger partial charge < -0.3 is 24.1 Å². The Morgan fingerprint density at radius 3 is 0.807 bits per heavy atom. The monoisotopic (exact) mass is 1980 g/mol. The average Bonchev–Trinajstić information content (AvgIpc) is 1.43. The van der Waals surface area contributed by atoms with Crippen molar-refractivity contribution >= 4 is 102 Å². The molecule has 0 unspecified atom stereocenters. The zero-order valence-electron chi connectivity index (χ0n) is 94.1. The first-order valence-electron chi connectivity index (χ1n) is 55.6. The number of hydrogen-bond donors (Lipinski definition) is 0. The van der Waals surface area contributed by atoms with Gasteiger partial charge in [0.2, 0.25) is 0 Å². The first kappa shape index (κ1) is 103. The normalized spacial score (nSPS) is 14.4. The number of nitrogens with zero attached hydrogens (tertiary/aromatic N) is 15. The van der Waals surface area contributed by atoms with Crippen LogP contribution in [0.1, 0.15) is 252 Å². The summed E-state index contributed by atoms with van der Waals surface area (Å²) in [7, 11) is 15.4. The Labute approximate surface area is 896 Å². The lowest BCUT2D eigenvalue weighted by atomic mass is 9.56. The fourth-order valence-electron chi connectivity index (χ4n) is 26.8. The number of hydrogen-bond acceptors (Lipinski definition) is 5. The fraction of sp³-hybridized carbons (Fsp3) is 0.331. The van der Waals surface area contributed by atoms with Gasteiger partial charge in [0.1, 0.15) is 62.0 Å². The van der Waals surface area contributed by atoms with Gasteiger partial charge in [-0.25, -0.2) is 22.8 Å². The lowest BCUT2D eigenvalue weighted by Crippen LogP contribution is -2.73. The summed E-state index contributed by atoms with van der Waals surface area (Å²) >= 11 is 0. The van der Waals surface area contributed by atoms with Crippen LogP contribution in [0.4, 0.5) is 39.8 Å². The molecule has 150 heavy (non-hydrogen) atoms. The summed E-state index contributed by atoms with van der Waals surface area (Å²) in [6, 6.07) is 89.8. The highest BCUT2D eigenvalue weighted by Crippen LogP contribution is 2.47. The van der Waals surface area contributed by atoms with Gasteiger partial charge in [0.25, 0.3) is 29.1 Å². The van der Waals surface area contributed by atoms with Gasteiger partial charge in [-0.1, -0.05) is 282 Å². The van der Waals surface area contributed by atoms with E-state index >= 15 is 0 Å². The molecule has 5 aromatic heterocycles. The molecule has 2 fully saturated rings. The number of aromatic nitrogens is 10. The third kappa shape index (κ3) is 18.4. The second kappa shape index (κ2) is 42.8. The van der Waals surface area contributed by atoms with Crippen LogP contribution >= 0.6 is 0 Å². The van der Waals surface area contributed by atoms with E-state index in [1.807, 2.05) is 0 Å². The lowest BCUT2D eigenvalue weighted by molar-refractivity contribution is -0.524. The number of rotatable bonds is 14. The topological polar surface area (TPSA) is 60.3 Å². The predicted octanol–water partition coefficient (Wildman–Crippen LogP) is 23.9. The van der Waals surface area contributed by atoms with Gasteiger partial charge in [-0.2, -0.15) is 0 Å². The molecule has 0 atom stereocenters. The smallest absolute Gasteiger partial charge is 0.372 e. The largest absolute Gasteiger partial charge is 0.542 e. The van der Waals surface area contributed by atoms with E-state index in [1.54, 1.807) is 16.6 Å². The summed E-state index contributed by atoms with van der Waals surface area (Å²) < 4.78 is 23.8. The van der Waals surface area contributed by atoms with Crippen LogP contribution in [0.3, 0.4) is 0 Å². The lowest BCUT2D eigenvalue weighted by Gasteiger charge is -2.38. The van der Waals surface area contributed by atoms with Crippen molar-refractivity contribution < 1.29 is 22.4 Å². The molecule has 5 aliphatic heterocycles. The van der Waals surface area contributed by atoms with Crippen LogP contribution in [-0.4, -0.2) is 77.9 Å². The van der Waals surface area contributed by atoms with Crippen LogP contribution in [0.5, 0.6) is 0 Å². The molecule has 0 saturated heterocycles. The molecule has 760 valence electrons. The maximum atomic E-state index is 2.57. The number of imidazole rings is 5. The van der Waals surface area contributed by atoms with Crippen molar-refractivity contribution in [2.75, 3.05) is 38.1 Å². The second-order valence-corrected chi connectivity index (χ2v) is 45.5. The molecule has 17 aromatic rings. The third-order valence-corrected chi connectivity index (χ3v) is 34.0. The van der Waals surface area contributed by atoms with Gasteiger partial charge in [-0.3, -0.25) is 22.4 Å². The van der Waals surface area contributed by atoms with E-state index in [4.69, 9.17) is 0 Å².